The zero-order chi connectivity index (χ0) is 31.5. The molecular weight excluding hydrogens is 542 g/mol. The van der Waals surface area contributed by atoms with Crippen LogP contribution in [0.1, 0.15) is 74.1 Å². The van der Waals surface area contributed by atoms with Gasteiger partial charge in [0.05, 0.1) is 36.8 Å². The first-order valence-corrected chi connectivity index (χ1v) is 15.6. The molecule has 0 saturated carbocycles. The number of nitrogens with zero attached hydrogens (tertiary/aromatic N) is 1. The van der Waals surface area contributed by atoms with E-state index in [0.29, 0.717) is 12.3 Å². The zero-order valence-corrected chi connectivity index (χ0v) is 27.2. The van der Waals surface area contributed by atoms with Crippen LogP contribution in [0.15, 0.2) is 0 Å². The van der Waals surface area contributed by atoms with Crippen LogP contribution in [-0.2, 0) is 33.3 Å². The van der Waals surface area contributed by atoms with E-state index in [2.05, 4.69) is 52.0 Å². The lowest BCUT2D eigenvalue weighted by Crippen LogP contribution is -2.61. The summed E-state index contributed by atoms with van der Waals surface area (Å²) in [7, 11) is 5.79. The van der Waals surface area contributed by atoms with Gasteiger partial charge in [-0.3, -0.25) is 9.59 Å². The quantitative estimate of drug-likeness (QED) is 0.465. The number of carbonyl (C=O) groups excluding carboxylic acids is 3. The van der Waals surface area contributed by atoms with E-state index in [1.165, 1.54) is 0 Å². The van der Waals surface area contributed by atoms with Gasteiger partial charge in [0.25, 0.3) is 0 Å². The largest absolute Gasteiger partial charge is 0.462 e. The van der Waals surface area contributed by atoms with Crippen LogP contribution in [0.5, 0.6) is 0 Å². The van der Waals surface area contributed by atoms with E-state index in [4.69, 9.17) is 29.4 Å². The molecule has 3 aliphatic rings. The van der Waals surface area contributed by atoms with Gasteiger partial charge in [-0.05, 0) is 52.1 Å². The normalized spacial score (nSPS) is 44.7. The molecule has 3 heterocycles. The van der Waals surface area contributed by atoms with Crippen molar-refractivity contribution in [3.8, 4) is 0 Å². The highest BCUT2D eigenvalue weighted by atomic mass is 16.7. The molecule has 0 aromatic carbocycles. The number of rotatable bonds is 4. The number of ether oxygens (including phenoxy) is 5. The second-order valence-electron chi connectivity index (χ2n) is 13.5. The number of nitrogens with one attached hydrogen (secondary N) is 1. The number of hydrogen-bond donors (Lipinski definition) is 2. The van der Waals surface area contributed by atoms with E-state index in [-0.39, 0.29) is 66.8 Å². The van der Waals surface area contributed by atoms with Crippen molar-refractivity contribution in [1.82, 2.24) is 10.2 Å². The fourth-order valence-electron chi connectivity index (χ4n) is 7.27. The van der Waals surface area contributed by atoms with Crippen molar-refractivity contribution in [3.63, 3.8) is 0 Å². The summed E-state index contributed by atoms with van der Waals surface area (Å²) in [5, 5.41) is 2.72. The Balaban J connectivity index is 1.92. The molecule has 5 unspecified atom stereocenters. The molecule has 242 valence electrons. The number of cyclic esters (lactones) is 1. The summed E-state index contributed by atoms with van der Waals surface area (Å²) >= 11 is 0. The molecule has 1 amide bonds. The van der Waals surface area contributed by atoms with Crippen molar-refractivity contribution in [2.75, 3.05) is 21.2 Å². The number of ketones is 1. The van der Waals surface area contributed by atoms with Crippen molar-refractivity contribution in [2.45, 2.75) is 129 Å². The molecule has 0 aromatic rings. The van der Waals surface area contributed by atoms with Crippen LogP contribution in [0, 0.1) is 29.6 Å². The predicted molar refractivity (Wildman–Crippen MR) is 157 cm³/mol. The Morgan fingerprint density at radius 2 is 1.55 bits per heavy atom. The van der Waals surface area contributed by atoms with E-state index in [1.54, 1.807) is 14.0 Å². The molecule has 0 spiro atoms. The van der Waals surface area contributed by atoms with Crippen LogP contribution >= 0.6 is 0 Å². The van der Waals surface area contributed by atoms with E-state index in [9.17, 15) is 14.4 Å². The molecule has 3 N–H and O–H groups in total. The Hall–Kier alpha value is -1.79. The van der Waals surface area contributed by atoms with Crippen LogP contribution in [0.3, 0.4) is 0 Å². The number of alkyl carbamates (subject to hydrolysis) is 1. The number of amides is 1. The third-order valence-electron chi connectivity index (χ3n) is 9.74. The number of esters is 1. The summed E-state index contributed by atoms with van der Waals surface area (Å²) in [6.07, 6.45) is -2.26. The van der Waals surface area contributed by atoms with Crippen LogP contribution in [0.2, 0.25) is 0 Å². The minimum Gasteiger partial charge on any atom is -0.462 e. The first-order valence-electron chi connectivity index (χ1n) is 15.6. The molecule has 0 aromatic heterocycles. The highest BCUT2D eigenvalue weighted by Crippen LogP contribution is 2.37. The maximum atomic E-state index is 13.5. The fourth-order valence-corrected chi connectivity index (χ4v) is 7.27. The van der Waals surface area contributed by atoms with Gasteiger partial charge in [-0.25, -0.2) is 4.79 Å². The van der Waals surface area contributed by atoms with E-state index < -0.39 is 48.9 Å². The van der Waals surface area contributed by atoms with Gasteiger partial charge in [0.1, 0.15) is 18.0 Å². The number of methoxy groups -OCH3 is 1. The Labute approximate surface area is 251 Å². The minimum absolute atomic E-state index is 0.00740. The van der Waals surface area contributed by atoms with Crippen molar-refractivity contribution in [1.29, 1.82) is 0 Å². The molecule has 2 bridgehead atoms. The van der Waals surface area contributed by atoms with Gasteiger partial charge in [0, 0.05) is 37.8 Å². The molecule has 11 nitrogen and oxygen atoms in total. The third-order valence-corrected chi connectivity index (χ3v) is 9.74. The maximum Gasteiger partial charge on any atom is 0.407 e. The summed E-state index contributed by atoms with van der Waals surface area (Å²) < 4.78 is 30.5. The van der Waals surface area contributed by atoms with Gasteiger partial charge in [-0.1, -0.05) is 34.6 Å². The van der Waals surface area contributed by atoms with Crippen molar-refractivity contribution < 1.29 is 38.1 Å². The standard InChI is InChI=1S/C31H55N3O8/c1-15-11-16(2)29(42-30-20(6)27(34(8)9)19(5)21(7)40-30)28(38-10)17(3)12-25(36)39-18(4)13-24-26(32)22(14-23(15)35)33-31(37)41-24/h15-22,24,26-30H,11-14,32H2,1-10H3,(H,33,37)/t15-,16+,17-,18-,19?,20?,21?,22+,24-,26+,27?,28+,29+,30?/m1/s1. The summed E-state index contributed by atoms with van der Waals surface area (Å²) in [6, 6.07) is -0.936. The van der Waals surface area contributed by atoms with Gasteiger partial charge >= 0.3 is 12.1 Å². The molecule has 3 saturated heterocycles. The molecule has 42 heavy (non-hydrogen) atoms. The monoisotopic (exact) mass is 597 g/mol. The van der Waals surface area contributed by atoms with Crippen molar-refractivity contribution in [2.24, 2.45) is 35.3 Å². The zero-order valence-electron chi connectivity index (χ0n) is 27.2. The summed E-state index contributed by atoms with van der Waals surface area (Å²) in [4.78, 5) is 41.0. The molecule has 11 heteroatoms. The van der Waals surface area contributed by atoms with E-state index in [1.807, 2.05) is 13.8 Å². The Morgan fingerprint density at radius 1 is 0.881 bits per heavy atom. The van der Waals surface area contributed by atoms with E-state index >= 15 is 0 Å². The number of fused-ring (bicyclic) bond motifs is 2. The second kappa shape index (κ2) is 14.8. The van der Waals surface area contributed by atoms with Gasteiger partial charge in [0.2, 0.25) is 0 Å². The second-order valence-corrected chi connectivity index (χ2v) is 13.5. The van der Waals surface area contributed by atoms with Crippen LogP contribution in [-0.4, -0.2) is 98.9 Å². The van der Waals surface area contributed by atoms with Gasteiger partial charge in [-0.15, -0.1) is 0 Å². The Kier molecular flexibility index (Phi) is 12.2. The van der Waals surface area contributed by atoms with Crippen LogP contribution in [0.25, 0.3) is 0 Å². The fraction of sp³-hybridized carbons (Fsp3) is 0.903. The lowest BCUT2D eigenvalue weighted by molar-refractivity contribution is -0.282. The van der Waals surface area contributed by atoms with Gasteiger partial charge in [-0.2, -0.15) is 0 Å². The minimum atomic E-state index is -0.669. The molecule has 0 aliphatic carbocycles. The predicted octanol–water partition coefficient (Wildman–Crippen LogP) is 3.12. The molecule has 3 fully saturated rings. The molecule has 3 rings (SSSR count). The van der Waals surface area contributed by atoms with Crippen LogP contribution < -0.4 is 11.1 Å². The Morgan fingerprint density at radius 3 is 2.17 bits per heavy atom. The first-order chi connectivity index (χ1) is 19.6. The van der Waals surface area contributed by atoms with Crippen LogP contribution in [0.4, 0.5) is 4.79 Å². The topological polar surface area (TPSA) is 139 Å². The molecule has 14 atom stereocenters. The smallest absolute Gasteiger partial charge is 0.407 e. The molecular formula is C31H55N3O8. The average Bonchev–Trinajstić information content (AvgIpc) is 2.88. The van der Waals surface area contributed by atoms with E-state index in [0.717, 1.165) is 0 Å². The molecule has 3 aliphatic heterocycles. The average molecular weight is 598 g/mol. The summed E-state index contributed by atoms with van der Waals surface area (Å²) in [6.45, 7) is 14.1. The number of carbonyl (C=O) groups is 3. The highest BCUT2D eigenvalue weighted by Gasteiger charge is 2.45. The highest BCUT2D eigenvalue weighted by molar-refractivity contribution is 5.82. The number of nitrogens with two attached hydrogens (primary N) is 1. The lowest BCUT2D eigenvalue weighted by atomic mass is 9.81. The maximum absolute atomic E-state index is 13.5. The summed E-state index contributed by atoms with van der Waals surface area (Å²) in [5.41, 5.74) is 6.45. The number of Topliss-reactive ketones (excluding diaryl/α,β-unsaturated/α-hetero) is 1. The first kappa shape index (κ1) is 34.7. The third kappa shape index (κ3) is 8.22. The van der Waals surface area contributed by atoms with Crippen molar-refractivity contribution >= 4 is 17.8 Å². The van der Waals surface area contributed by atoms with Crippen molar-refractivity contribution in [3.05, 3.63) is 0 Å². The summed E-state index contributed by atoms with van der Waals surface area (Å²) in [5.74, 6) is -0.665. The number of hydrogen-bond acceptors (Lipinski definition) is 10. The SMILES string of the molecule is CO[C@@H]1[C@@H](OC2OC(C)C(C)C(N(C)C)C2C)[C@@H](C)C[C@@H](C)C(=O)C[C@@H]2NC(=O)O[C@H](C[C@@H](C)OC(=O)C[C@H]1C)[C@H]2N. The molecule has 0 radical (unpaired) electrons. The lowest BCUT2D eigenvalue weighted by Gasteiger charge is -2.48. The van der Waals surface area contributed by atoms with Gasteiger partial charge < -0.3 is 39.6 Å². The Bertz CT molecular complexity index is 934. The van der Waals surface area contributed by atoms with Gasteiger partial charge in [0.15, 0.2) is 6.29 Å².